The first kappa shape index (κ1) is 18.2. The van der Waals surface area contributed by atoms with Crippen molar-refractivity contribution in [3.05, 3.63) is 53.9 Å². The number of nitrogens with zero attached hydrogens (tertiary/aromatic N) is 1. The Bertz CT molecular complexity index is 884. The Kier molecular flexibility index (Phi) is 5.41. The molecule has 1 N–H and O–H groups in total. The predicted molar refractivity (Wildman–Crippen MR) is 96.1 cm³/mol. The van der Waals surface area contributed by atoms with Crippen molar-refractivity contribution >= 4 is 15.7 Å². The molecule has 0 unspecified atom stereocenters. The highest BCUT2D eigenvalue weighted by atomic mass is 32.2. The van der Waals surface area contributed by atoms with E-state index < -0.39 is 9.84 Å². The van der Waals surface area contributed by atoms with Gasteiger partial charge in [0.2, 0.25) is 0 Å². The molecule has 7 nitrogen and oxygen atoms in total. The number of sulfone groups is 1. The molecule has 1 aromatic heterocycles. The number of amides is 1. The highest BCUT2D eigenvalue weighted by Crippen LogP contribution is 2.29. The van der Waals surface area contributed by atoms with Crippen LogP contribution in [0.3, 0.4) is 0 Å². The number of hydrogen-bond donors (Lipinski definition) is 1. The molecule has 1 atom stereocenters. The first-order valence-electron chi connectivity index (χ1n) is 8.18. The van der Waals surface area contributed by atoms with Crippen LogP contribution in [-0.4, -0.2) is 44.0 Å². The number of rotatable bonds is 6. The quantitative estimate of drug-likeness (QED) is 0.823. The summed E-state index contributed by atoms with van der Waals surface area (Å²) in [6.45, 7) is 0.310. The molecule has 1 aliphatic heterocycles. The number of pyridine rings is 1. The molecule has 26 heavy (non-hydrogen) atoms. The second-order valence-electron chi connectivity index (χ2n) is 6.08. The van der Waals surface area contributed by atoms with Crippen molar-refractivity contribution in [3.8, 4) is 11.5 Å². The maximum absolute atomic E-state index is 12.4. The SMILES string of the molecule is COc1ccc(C(=O)N[C@H]2CCS(=O)(=O)C2)cc1OCc1ccncc1. The van der Waals surface area contributed by atoms with Gasteiger partial charge in [-0.05, 0) is 42.3 Å². The Balaban J connectivity index is 1.71. The third kappa shape index (κ3) is 4.51. The molecule has 1 amide bonds. The molecule has 0 aliphatic carbocycles. The van der Waals surface area contributed by atoms with Crippen molar-refractivity contribution in [2.75, 3.05) is 18.6 Å². The first-order valence-corrected chi connectivity index (χ1v) is 10.00. The van der Waals surface area contributed by atoms with Crippen molar-refractivity contribution in [1.29, 1.82) is 0 Å². The van der Waals surface area contributed by atoms with Crippen LogP contribution in [0, 0.1) is 0 Å². The molecule has 1 aliphatic rings. The molecular formula is C18H20N2O5S. The van der Waals surface area contributed by atoms with Crippen molar-refractivity contribution in [3.63, 3.8) is 0 Å². The molecule has 3 rings (SSSR count). The summed E-state index contributed by atoms with van der Waals surface area (Å²) in [5, 5.41) is 2.77. The Morgan fingerprint density at radius 1 is 1.23 bits per heavy atom. The van der Waals surface area contributed by atoms with Gasteiger partial charge in [0, 0.05) is 24.0 Å². The highest BCUT2D eigenvalue weighted by molar-refractivity contribution is 7.91. The second-order valence-corrected chi connectivity index (χ2v) is 8.31. The van der Waals surface area contributed by atoms with E-state index in [0.717, 1.165) is 5.56 Å². The Morgan fingerprint density at radius 3 is 2.65 bits per heavy atom. The van der Waals surface area contributed by atoms with E-state index in [-0.39, 0.29) is 23.5 Å². The molecular weight excluding hydrogens is 356 g/mol. The zero-order chi connectivity index (χ0) is 18.6. The summed E-state index contributed by atoms with van der Waals surface area (Å²) in [5.74, 6) is 0.722. The first-order chi connectivity index (χ1) is 12.5. The Labute approximate surface area is 152 Å². The van der Waals surface area contributed by atoms with Crippen LogP contribution in [0.25, 0.3) is 0 Å². The molecule has 2 aromatic rings. The smallest absolute Gasteiger partial charge is 0.251 e. The number of benzene rings is 1. The number of hydrogen-bond acceptors (Lipinski definition) is 6. The van der Waals surface area contributed by atoms with Gasteiger partial charge in [-0.25, -0.2) is 8.42 Å². The van der Waals surface area contributed by atoms with Gasteiger partial charge >= 0.3 is 0 Å². The average Bonchev–Trinajstić information content (AvgIpc) is 2.99. The minimum atomic E-state index is -3.05. The van der Waals surface area contributed by atoms with Gasteiger partial charge in [0.25, 0.3) is 5.91 Å². The van der Waals surface area contributed by atoms with Crippen molar-refractivity contribution in [1.82, 2.24) is 10.3 Å². The van der Waals surface area contributed by atoms with Crippen LogP contribution in [0.1, 0.15) is 22.3 Å². The van der Waals surface area contributed by atoms with Crippen LogP contribution in [-0.2, 0) is 16.4 Å². The molecule has 2 heterocycles. The third-order valence-corrected chi connectivity index (χ3v) is 5.91. The third-order valence-electron chi connectivity index (χ3n) is 4.14. The Hall–Kier alpha value is -2.61. The maximum atomic E-state index is 12.4. The van der Waals surface area contributed by atoms with Crippen LogP contribution < -0.4 is 14.8 Å². The van der Waals surface area contributed by atoms with Gasteiger partial charge in [0.15, 0.2) is 21.3 Å². The van der Waals surface area contributed by atoms with Gasteiger partial charge in [-0.3, -0.25) is 9.78 Å². The van der Waals surface area contributed by atoms with E-state index in [1.165, 1.54) is 7.11 Å². The van der Waals surface area contributed by atoms with Gasteiger partial charge in [-0.2, -0.15) is 0 Å². The van der Waals surface area contributed by atoms with E-state index in [0.29, 0.717) is 30.1 Å². The predicted octanol–water partition coefficient (Wildman–Crippen LogP) is 1.59. The average molecular weight is 376 g/mol. The summed E-state index contributed by atoms with van der Waals surface area (Å²) in [5.41, 5.74) is 1.33. The van der Waals surface area contributed by atoms with Crippen LogP contribution in [0.15, 0.2) is 42.7 Å². The van der Waals surface area contributed by atoms with E-state index in [2.05, 4.69) is 10.3 Å². The number of ether oxygens (including phenoxy) is 2. The normalized spacial score (nSPS) is 18.3. The van der Waals surface area contributed by atoms with Gasteiger partial charge in [-0.1, -0.05) is 0 Å². The van der Waals surface area contributed by atoms with Gasteiger partial charge in [0.05, 0.1) is 18.6 Å². The van der Waals surface area contributed by atoms with E-state index in [1.807, 2.05) is 12.1 Å². The van der Waals surface area contributed by atoms with Gasteiger partial charge < -0.3 is 14.8 Å². The molecule has 0 spiro atoms. The lowest BCUT2D eigenvalue weighted by Crippen LogP contribution is -2.35. The van der Waals surface area contributed by atoms with Crippen molar-refractivity contribution < 1.29 is 22.7 Å². The fraction of sp³-hybridized carbons (Fsp3) is 0.333. The zero-order valence-corrected chi connectivity index (χ0v) is 15.2. The fourth-order valence-electron chi connectivity index (χ4n) is 2.75. The van der Waals surface area contributed by atoms with E-state index in [9.17, 15) is 13.2 Å². The lowest BCUT2D eigenvalue weighted by Gasteiger charge is -2.14. The molecule has 1 saturated heterocycles. The molecule has 0 radical (unpaired) electrons. The molecule has 8 heteroatoms. The lowest BCUT2D eigenvalue weighted by atomic mass is 10.1. The van der Waals surface area contributed by atoms with Gasteiger partial charge in [0.1, 0.15) is 6.61 Å². The number of carbonyl (C=O) groups excluding carboxylic acids is 1. The maximum Gasteiger partial charge on any atom is 0.251 e. The van der Waals surface area contributed by atoms with Crippen LogP contribution >= 0.6 is 0 Å². The number of nitrogens with one attached hydrogen (secondary N) is 1. The summed E-state index contributed by atoms with van der Waals surface area (Å²) in [6, 6.07) is 8.20. The molecule has 0 bridgehead atoms. The summed E-state index contributed by atoms with van der Waals surface area (Å²) in [7, 11) is -1.52. The zero-order valence-electron chi connectivity index (χ0n) is 14.3. The standard InChI is InChI=1S/C18H20N2O5S/c1-24-16-3-2-14(18(21)20-15-6-9-26(22,23)12-15)10-17(16)25-11-13-4-7-19-8-5-13/h2-5,7-8,10,15H,6,9,11-12H2,1H3,(H,20,21)/t15-/m0/s1. The fourth-order valence-corrected chi connectivity index (χ4v) is 4.42. The van der Waals surface area contributed by atoms with E-state index in [4.69, 9.17) is 9.47 Å². The van der Waals surface area contributed by atoms with Gasteiger partial charge in [-0.15, -0.1) is 0 Å². The minimum absolute atomic E-state index is 0.0136. The summed E-state index contributed by atoms with van der Waals surface area (Å²) in [4.78, 5) is 16.4. The minimum Gasteiger partial charge on any atom is -0.493 e. The Morgan fingerprint density at radius 2 is 2.00 bits per heavy atom. The monoisotopic (exact) mass is 376 g/mol. The van der Waals surface area contributed by atoms with Crippen LogP contribution in [0.2, 0.25) is 0 Å². The largest absolute Gasteiger partial charge is 0.493 e. The summed E-state index contributed by atoms with van der Waals surface area (Å²) >= 11 is 0. The summed E-state index contributed by atoms with van der Waals surface area (Å²) in [6.07, 6.45) is 3.79. The van der Waals surface area contributed by atoms with E-state index in [1.54, 1.807) is 30.6 Å². The molecule has 0 saturated carbocycles. The number of methoxy groups -OCH3 is 1. The lowest BCUT2D eigenvalue weighted by molar-refractivity contribution is 0.0940. The molecule has 1 aromatic carbocycles. The topological polar surface area (TPSA) is 94.6 Å². The summed E-state index contributed by atoms with van der Waals surface area (Å²) < 4.78 is 34.1. The van der Waals surface area contributed by atoms with Crippen molar-refractivity contribution in [2.24, 2.45) is 0 Å². The second kappa shape index (κ2) is 7.74. The highest BCUT2D eigenvalue weighted by Gasteiger charge is 2.29. The van der Waals surface area contributed by atoms with Crippen LogP contribution in [0.4, 0.5) is 0 Å². The number of carbonyl (C=O) groups is 1. The van der Waals surface area contributed by atoms with Crippen molar-refractivity contribution in [2.45, 2.75) is 19.1 Å². The van der Waals surface area contributed by atoms with E-state index >= 15 is 0 Å². The van der Waals surface area contributed by atoms with Crippen LogP contribution in [0.5, 0.6) is 11.5 Å². The number of aromatic nitrogens is 1. The molecule has 138 valence electrons. The molecule has 1 fully saturated rings.